The van der Waals surface area contributed by atoms with Gasteiger partial charge in [-0.3, -0.25) is 4.79 Å². The Morgan fingerprint density at radius 2 is 2.53 bits per heavy atom. The van der Waals surface area contributed by atoms with E-state index in [1.807, 2.05) is 0 Å². The van der Waals surface area contributed by atoms with Gasteiger partial charge in [0.25, 0.3) is 5.91 Å². The lowest BCUT2D eigenvalue weighted by Gasteiger charge is -2.09. The van der Waals surface area contributed by atoms with Gasteiger partial charge in [0.1, 0.15) is 0 Å². The van der Waals surface area contributed by atoms with E-state index in [2.05, 4.69) is 14.1 Å². The van der Waals surface area contributed by atoms with Crippen molar-refractivity contribution < 1.29 is 9.90 Å². The zero-order valence-corrected chi connectivity index (χ0v) is 9.04. The minimum atomic E-state index is -0.187. The molecule has 1 fully saturated rings. The lowest BCUT2D eigenvalue weighted by atomic mass is 10.1. The van der Waals surface area contributed by atoms with Crippen molar-refractivity contribution >= 4 is 17.6 Å². The maximum absolute atomic E-state index is 11.5. The van der Waals surface area contributed by atoms with Gasteiger partial charge in [-0.15, -0.1) is 0 Å². The average Bonchev–Trinajstić information content (AvgIpc) is 2.84. The summed E-state index contributed by atoms with van der Waals surface area (Å²) in [7, 11) is 0. The third-order valence-electron chi connectivity index (χ3n) is 2.66. The molecule has 1 aliphatic carbocycles. The number of nitrogens with zero attached hydrogens (tertiary/aromatic N) is 2. The Hall–Kier alpha value is -1.01. The Balaban J connectivity index is 1.76. The maximum atomic E-state index is 11.5. The second-order valence-electron chi connectivity index (χ2n) is 3.84. The monoisotopic (exact) mass is 227 g/mol. The van der Waals surface area contributed by atoms with E-state index >= 15 is 0 Å². The van der Waals surface area contributed by atoms with Crippen LogP contribution in [0.5, 0.6) is 0 Å². The number of aliphatic hydroxyl groups excluding tert-OH is 1. The summed E-state index contributed by atoms with van der Waals surface area (Å²) in [5.74, 6) is 0.223. The van der Waals surface area contributed by atoms with Crippen molar-refractivity contribution in [1.29, 1.82) is 0 Å². The summed E-state index contributed by atoms with van der Waals surface area (Å²) >= 11 is 1.03. The SMILES string of the molecule is O=C(NCC1CCC(O)C1)c1cnsn1. The van der Waals surface area contributed by atoms with Crippen LogP contribution in [0, 0.1) is 5.92 Å². The van der Waals surface area contributed by atoms with Gasteiger partial charge in [-0.05, 0) is 25.2 Å². The van der Waals surface area contributed by atoms with E-state index in [9.17, 15) is 9.90 Å². The lowest BCUT2D eigenvalue weighted by molar-refractivity contribution is 0.0941. The number of nitrogens with one attached hydrogen (secondary N) is 1. The first-order valence-corrected chi connectivity index (χ1v) is 5.72. The highest BCUT2D eigenvalue weighted by molar-refractivity contribution is 6.99. The van der Waals surface area contributed by atoms with Gasteiger partial charge < -0.3 is 10.4 Å². The summed E-state index contributed by atoms with van der Waals surface area (Å²) in [5.41, 5.74) is 0.374. The van der Waals surface area contributed by atoms with Gasteiger partial charge in [0.2, 0.25) is 0 Å². The molecular weight excluding hydrogens is 214 g/mol. The molecule has 1 saturated carbocycles. The number of carbonyl (C=O) groups excluding carboxylic acids is 1. The largest absolute Gasteiger partial charge is 0.393 e. The number of hydrogen-bond donors (Lipinski definition) is 2. The molecule has 2 rings (SSSR count). The summed E-state index contributed by atoms with van der Waals surface area (Å²) in [6, 6.07) is 0. The number of amides is 1. The zero-order chi connectivity index (χ0) is 10.7. The van der Waals surface area contributed by atoms with E-state index in [-0.39, 0.29) is 12.0 Å². The normalized spacial score (nSPS) is 25.4. The zero-order valence-electron chi connectivity index (χ0n) is 8.22. The van der Waals surface area contributed by atoms with Crippen LogP contribution in [0.15, 0.2) is 6.20 Å². The highest BCUT2D eigenvalue weighted by Crippen LogP contribution is 2.24. The second-order valence-corrected chi connectivity index (χ2v) is 4.39. The minimum absolute atomic E-state index is 0.176. The molecule has 1 amide bonds. The molecule has 2 atom stereocenters. The third kappa shape index (κ3) is 2.73. The molecule has 1 aliphatic rings. The number of rotatable bonds is 3. The fourth-order valence-electron chi connectivity index (χ4n) is 1.83. The molecule has 0 saturated heterocycles. The van der Waals surface area contributed by atoms with Crippen LogP contribution in [0.2, 0.25) is 0 Å². The first-order chi connectivity index (χ1) is 7.25. The van der Waals surface area contributed by atoms with Crippen LogP contribution in [0.25, 0.3) is 0 Å². The van der Waals surface area contributed by atoms with Crippen LogP contribution < -0.4 is 5.32 Å². The van der Waals surface area contributed by atoms with Crippen molar-refractivity contribution in [2.45, 2.75) is 25.4 Å². The Morgan fingerprint density at radius 1 is 1.67 bits per heavy atom. The number of hydrogen-bond acceptors (Lipinski definition) is 5. The molecule has 0 aliphatic heterocycles. The molecule has 1 aromatic rings. The summed E-state index contributed by atoms with van der Waals surface area (Å²) < 4.78 is 7.61. The van der Waals surface area contributed by atoms with E-state index in [4.69, 9.17) is 0 Å². The van der Waals surface area contributed by atoms with Crippen LogP contribution in [-0.2, 0) is 0 Å². The molecule has 0 bridgehead atoms. The van der Waals surface area contributed by atoms with E-state index in [0.29, 0.717) is 18.2 Å². The number of aliphatic hydroxyl groups is 1. The topological polar surface area (TPSA) is 75.1 Å². The molecule has 6 heteroatoms. The predicted molar refractivity (Wildman–Crippen MR) is 55.6 cm³/mol. The van der Waals surface area contributed by atoms with Gasteiger partial charge >= 0.3 is 0 Å². The summed E-state index contributed by atoms with van der Waals surface area (Å²) in [5, 5.41) is 12.1. The fourth-order valence-corrected chi connectivity index (χ4v) is 2.24. The van der Waals surface area contributed by atoms with Crippen LogP contribution in [0.4, 0.5) is 0 Å². The molecule has 2 N–H and O–H groups in total. The van der Waals surface area contributed by atoms with Crippen molar-refractivity contribution in [2.24, 2.45) is 5.92 Å². The van der Waals surface area contributed by atoms with Crippen molar-refractivity contribution in [2.75, 3.05) is 6.54 Å². The highest BCUT2D eigenvalue weighted by atomic mass is 32.1. The number of aromatic nitrogens is 2. The van der Waals surface area contributed by atoms with E-state index < -0.39 is 0 Å². The first kappa shape index (κ1) is 10.5. The van der Waals surface area contributed by atoms with Gasteiger partial charge in [0.05, 0.1) is 24.0 Å². The molecule has 0 radical (unpaired) electrons. The van der Waals surface area contributed by atoms with Gasteiger partial charge in [-0.2, -0.15) is 8.75 Å². The highest BCUT2D eigenvalue weighted by Gasteiger charge is 2.23. The van der Waals surface area contributed by atoms with Gasteiger partial charge in [-0.1, -0.05) is 0 Å². The van der Waals surface area contributed by atoms with Gasteiger partial charge in [0.15, 0.2) is 5.69 Å². The quantitative estimate of drug-likeness (QED) is 0.785. The predicted octanol–water partition coefficient (Wildman–Crippen LogP) is 0.429. The fraction of sp³-hybridized carbons (Fsp3) is 0.667. The maximum Gasteiger partial charge on any atom is 0.272 e. The summed E-state index contributed by atoms with van der Waals surface area (Å²) in [4.78, 5) is 11.5. The van der Waals surface area contributed by atoms with Crippen molar-refractivity contribution in [3.8, 4) is 0 Å². The Morgan fingerprint density at radius 3 is 3.13 bits per heavy atom. The Labute approximate surface area is 91.8 Å². The molecule has 1 aromatic heterocycles. The smallest absolute Gasteiger partial charge is 0.272 e. The van der Waals surface area contributed by atoms with Gasteiger partial charge in [0, 0.05) is 6.54 Å². The van der Waals surface area contributed by atoms with E-state index in [0.717, 1.165) is 31.0 Å². The number of carbonyl (C=O) groups is 1. The minimum Gasteiger partial charge on any atom is -0.393 e. The molecule has 82 valence electrons. The Bertz CT molecular complexity index is 328. The molecule has 2 unspecified atom stereocenters. The van der Waals surface area contributed by atoms with Crippen LogP contribution in [-0.4, -0.2) is 32.4 Å². The van der Waals surface area contributed by atoms with Crippen LogP contribution >= 0.6 is 11.7 Å². The standard InChI is InChI=1S/C9H13N3O2S/c13-7-2-1-6(3-7)4-10-9(14)8-5-11-15-12-8/h5-7,13H,1-4H2,(H,10,14). The molecule has 1 heterocycles. The summed E-state index contributed by atoms with van der Waals surface area (Å²) in [6.45, 7) is 0.618. The lowest BCUT2D eigenvalue weighted by Crippen LogP contribution is -2.28. The molecular formula is C9H13N3O2S. The third-order valence-corrected chi connectivity index (χ3v) is 3.14. The van der Waals surface area contributed by atoms with Crippen LogP contribution in [0.3, 0.4) is 0 Å². The van der Waals surface area contributed by atoms with Crippen molar-refractivity contribution in [3.05, 3.63) is 11.9 Å². The molecule has 0 aromatic carbocycles. The Kier molecular flexibility index (Phi) is 3.27. The second kappa shape index (κ2) is 4.67. The molecule has 0 spiro atoms. The van der Waals surface area contributed by atoms with Gasteiger partial charge in [-0.25, -0.2) is 0 Å². The summed E-state index contributed by atoms with van der Waals surface area (Å²) in [6.07, 6.45) is 3.89. The van der Waals surface area contributed by atoms with Crippen molar-refractivity contribution in [3.63, 3.8) is 0 Å². The van der Waals surface area contributed by atoms with Crippen molar-refractivity contribution in [1.82, 2.24) is 14.1 Å². The molecule has 15 heavy (non-hydrogen) atoms. The van der Waals surface area contributed by atoms with Crippen LogP contribution in [0.1, 0.15) is 29.8 Å². The molecule has 5 nitrogen and oxygen atoms in total. The van der Waals surface area contributed by atoms with E-state index in [1.165, 1.54) is 6.20 Å². The van der Waals surface area contributed by atoms with E-state index in [1.54, 1.807) is 0 Å². The average molecular weight is 227 g/mol. The first-order valence-electron chi connectivity index (χ1n) is 4.99.